The van der Waals surface area contributed by atoms with Crippen LogP contribution in [0.3, 0.4) is 0 Å². The molecule has 0 spiro atoms. The van der Waals surface area contributed by atoms with Gasteiger partial charge in [-0.3, -0.25) is 14.5 Å². The lowest BCUT2D eigenvalue weighted by Gasteiger charge is -2.29. The van der Waals surface area contributed by atoms with Crippen molar-refractivity contribution in [3.63, 3.8) is 0 Å². The normalized spacial score (nSPS) is 37.1. The molecule has 2 rings (SSSR count). The highest BCUT2D eigenvalue weighted by Crippen LogP contribution is 2.38. The number of rotatable bonds is 3. The van der Waals surface area contributed by atoms with Crippen molar-refractivity contribution in [1.82, 2.24) is 4.90 Å². The number of ether oxygens (including phenoxy) is 1. The van der Waals surface area contributed by atoms with Gasteiger partial charge in [-0.1, -0.05) is 27.7 Å². The summed E-state index contributed by atoms with van der Waals surface area (Å²) in [7, 11) is 0. The van der Waals surface area contributed by atoms with E-state index in [9.17, 15) is 19.1 Å². The van der Waals surface area contributed by atoms with Crippen molar-refractivity contribution < 1.29 is 23.8 Å². The highest BCUT2D eigenvalue weighted by Gasteiger charge is 2.57. The van der Waals surface area contributed by atoms with E-state index >= 15 is 0 Å². The van der Waals surface area contributed by atoms with Crippen molar-refractivity contribution in [1.29, 1.82) is 0 Å². The molecule has 0 radical (unpaired) electrons. The summed E-state index contributed by atoms with van der Waals surface area (Å²) in [5.74, 6) is -1.03. The topological polar surface area (TPSA) is 116 Å². The molecule has 1 N–H and O–H groups in total. The van der Waals surface area contributed by atoms with Gasteiger partial charge in [0.15, 0.2) is 23.9 Å². The van der Waals surface area contributed by atoms with Gasteiger partial charge in [0.25, 0.3) is 0 Å². The van der Waals surface area contributed by atoms with Crippen LogP contribution in [-0.2, 0) is 14.3 Å². The highest BCUT2D eigenvalue weighted by atomic mass is 127. The lowest BCUT2D eigenvalue weighted by molar-refractivity contribution is -0.150. The van der Waals surface area contributed by atoms with Gasteiger partial charge < -0.3 is 9.84 Å². The molecule has 1 amide bonds. The van der Waals surface area contributed by atoms with Gasteiger partial charge in [0.2, 0.25) is 5.91 Å². The summed E-state index contributed by atoms with van der Waals surface area (Å²) in [5, 5.41) is 13.2. The molecule has 4 atom stereocenters. The monoisotopic (exact) mass is 396 g/mol. The summed E-state index contributed by atoms with van der Waals surface area (Å²) in [5.41, 5.74) is 6.74. The Morgan fingerprint density at radius 1 is 1.70 bits per heavy atom. The SMILES string of the molecule is [N-]=[N+]=N[C@]1(CI)O[C@@H](N2C=CC(=O)CC2=O)[C@H](F)[C@@H]1O. The second-order valence-electron chi connectivity index (χ2n) is 4.33. The van der Waals surface area contributed by atoms with Gasteiger partial charge in [-0.25, -0.2) is 4.39 Å². The lowest BCUT2D eigenvalue weighted by Crippen LogP contribution is -2.44. The van der Waals surface area contributed by atoms with Crippen molar-refractivity contribution in [3.05, 3.63) is 22.7 Å². The number of hydrogen-bond donors (Lipinski definition) is 1. The quantitative estimate of drug-likeness (QED) is 0.190. The maximum absolute atomic E-state index is 14.2. The molecule has 0 aromatic heterocycles. The minimum absolute atomic E-state index is 0.0115. The molecule has 20 heavy (non-hydrogen) atoms. The molecule has 2 aliphatic rings. The largest absolute Gasteiger partial charge is 0.387 e. The van der Waals surface area contributed by atoms with E-state index < -0.39 is 42.3 Å². The van der Waals surface area contributed by atoms with Crippen LogP contribution in [0.1, 0.15) is 6.42 Å². The maximum atomic E-state index is 14.2. The van der Waals surface area contributed by atoms with Gasteiger partial charge in [-0.2, -0.15) is 0 Å². The van der Waals surface area contributed by atoms with E-state index in [2.05, 4.69) is 10.0 Å². The third kappa shape index (κ3) is 2.39. The van der Waals surface area contributed by atoms with Crippen LogP contribution < -0.4 is 0 Å². The fourth-order valence-electron chi connectivity index (χ4n) is 2.03. The number of nitrogens with zero attached hydrogens (tertiary/aromatic N) is 4. The van der Waals surface area contributed by atoms with Crippen LogP contribution in [0.4, 0.5) is 4.39 Å². The molecular weight excluding hydrogens is 386 g/mol. The number of allylic oxidation sites excluding steroid dienone is 1. The third-order valence-electron chi connectivity index (χ3n) is 3.08. The molecule has 108 valence electrons. The molecule has 1 saturated heterocycles. The molecule has 1 fully saturated rings. The maximum Gasteiger partial charge on any atom is 0.236 e. The molecule has 0 unspecified atom stereocenters. The Bertz CT molecular complexity index is 523. The summed E-state index contributed by atoms with van der Waals surface area (Å²) in [6.07, 6.45) is -3.23. The first-order chi connectivity index (χ1) is 9.45. The van der Waals surface area contributed by atoms with Crippen LogP contribution in [0.5, 0.6) is 0 Å². The fraction of sp³-hybridized carbons (Fsp3) is 0.600. The number of azide groups is 1. The Balaban J connectivity index is 2.31. The van der Waals surface area contributed by atoms with Crippen LogP contribution in [0.15, 0.2) is 17.4 Å². The van der Waals surface area contributed by atoms with Crippen LogP contribution in [-0.4, -0.2) is 50.4 Å². The number of aliphatic hydroxyl groups is 1. The van der Waals surface area contributed by atoms with Gasteiger partial charge in [-0.05, 0) is 11.6 Å². The molecule has 10 heteroatoms. The van der Waals surface area contributed by atoms with Gasteiger partial charge >= 0.3 is 0 Å². The number of aliphatic hydroxyl groups excluding tert-OH is 1. The van der Waals surface area contributed by atoms with Crippen molar-refractivity contribution in [3.8, 4) is 0 Å². The van der Waals surface area contributed by atoms with Gasteiger partial charge in [0, 0.05) is 15.5 Å². The van der Waals surface area contributed by atoms with Gasteiger partial charge in [0.05, 0.1) is 6.42 Å². The molecule has 0 aromatic rings. The Labute approximate surface area is 126 Å². The molecule has 0 aliphatic carbocycles. The summed E-state index contributed by atoms with van der Waals surface area (Å²) in [6.45, 7) is 0. The van der Waals surface area contributed by atoms with Gasteiger partial charge in [-0.15, -0.1) is 0 Å². The molecule has 2 heterocycles. The Morgan fingerprint density at radius 3 is 2.95 bits per heavy atom. The second kappa shape index (κ2) is 5.64. The zero-order valence-corrected chi connectivity index (χ0v) is 12.2. The first kappa shape index (κ1) is 15.2. The van der Waals surface area contributed by atoms with Crippen LogP contribution >= 0.6 is 22.6 Å². The Hall–Kier alpha value is -1.23. The third-order valence-corrected chi connectivity index (χ3v) is 4.17. The zero-order chi connectivity index (χ0) is 14.9. The van der Waals surface area contributed by atoms with E-state index in [-0.39, 0.29) is 4.43 Å². The van der Waals surface area contributed by atoms with Crippen LogP contribution in [0, 0.1) is 0 Å². The number of alkyl halides is 2. The number of halogens is 2. The van der Waals surface area contributed by atoms with E-state index in [0.29, 0.717) is 0 Å². The molecule has 0 bridgehead atoms. The minimum atomic E-state index is -1.95. The number of hydrogen-bond acceptors (Lipinski definition) is 5. The molecule has 8 nitrogen and oxygen atoms in total. The lowest BCUT2D eigenvalue weighted by atomic mass is 10.1. The summed E-state index contributed by atoms with van der Waals surface area (Å²) in [4.78, 5) is 26.2. The number of amides is 1. The first-order valence-corrected chi connectivity index (χ1v) is 7.12. The molecule has 0 saturated carbocycles. The highest BCUT2D eigenvalue weighted by molar-refractivity contribution is 14.1. The predicted molar refractivity (Wildman–Crippen MR) is 72.1 cm³/mol. The number of ketones is 1. The number of carbonyl (C=O) groups excluding carboxylic acids is 2. The Kier molecular flexibility index (Phi) is 4.28. The van der Waals surface area contributed by atoms with Crippen LogP contribution in [0.25, 0.3) is 10.4 Å². The molecule has 0 aromatic carbocycles. The summed E-state index contributed by atoms with van der Waals surface area (Å²) in [6, 6.07) is 0. The Morgan fingerprint density at radius 2 is 2.40 bits per heavy atom. The summed E-state index contributed by atoms with van der Waals surface area (Å²) < 4.78 is 19.5. The number of carbonyl (C=O) groups is 2. The van der Waals surface area contributed by atoms with Gasteiger partial charge in [0.1, 0.15) is 6.10 Å². The van der Waals surface area contributed by atoms with E-state index in [1.54, 1.807) is 22.6 Å². The standard InChI is InChI=1S/C10H10FIN4O4/c11-7-8(19)10(4-12,14-15-13)20-9(7)16-2-1-5(17)3-6(16)18/h1-2,7-9,19H,3-4H2/t7-,8+,9-,10-/m1/s1. The average Bonchev–Trinajstić information content (AvgIpc) is 2.65. The van der Waals surface area contributed by atoms with E-state index in [4.69, 9.17) is 10.3 Å². The summed E-state index contributed by atoms with van der Waals surface area (Å²) >= 11 is 1.79. The van der Waals surface area contributed by atoms with E-state index in [0.717, 1.165) is 17.2 Å². The molecular formula is C10H10FIN4O4. The van der Waals surface area contributed by atoms with Crippen molar-refractivity contribution in [2.75, 3.05) is 4.43 Å². The average molecular weight is 396 g/mol. The predicted octanol–water partition coefficient (Wildman–Crippen LogP) is 0.798. The van der Waals surface area contributed by atoms with Crippen molar-refractivity contribution in [2.45, 2.75) is 30.6 Å². The van der Waals surface area contributed by atoms with Crippen LogP contribution in [0.2, 0.25) is 0 Å². The first-order valence-electron chi connectivity index (χ1n) is 5.59. The fourth-order valence-corrected chi connectivity index (χ4v) is 2.81. The zero-order valence-electron chi connectivity index (χ0n) is 10.0. The van der Waals surface area contributed by atoms with E-state index in [1.807, 2.05) is 0 Å². The second-order valence-corrected chi connectivity index (χ2v) is 5.09. The van der Waals surface area contributed by atoms with Crippen molar-refractivity contribution >= 4 is 34.3 Å². The van der Waals surface area contributed by atoms with Crippen molar-refractivity contribution in [2.24, 2.45) is 5.11 Å². The molecule has 2 aliphatic heterocycles. The minimum Gasteiger partial charge on any atom is -0.387 e. The smallest absolute Gasteiger partial charge is 0.236 e. The van der Waals surface area contributed by atoms with E-state index in [1.165, 1.54) is 0 Å².